The van der Waals surface area contributed by atoms with Crippen LogP contribution < -0.4 is 33.7 Å². The van der Waals surface area contributed by atoms with Crippen molar-refractivity contribution in [2.75, 3.05) is 0 Å². The third-order valence-electron chi connectivity index (χ3n) is 2.06. The summed E-state index contributed by atoms with van der Waals surface area (Å²) in [7, 11) is 0. The summed E-state index contributed by atoms with van der Waals surface area (Å²) in [5.74, 6) is -1.74. The van der Waals surface area contributed by atoms with Gasteiger partial charge in [-0.1, -0.05) is 25.1 Å². The summed E-state index contributed by atoms with van der Waals surface area (Å²) in [5, 5.41) is 15.8. The van der Waals surface area contributed by atoms with Crippen LogP contribution in [-0.4, -0.2) is 30.9 Å². The van der Waals surface area contributed by atoms with Gasteiger partial charge in [0.05, 0.1) is 12.8 Å². The second-order valence-electron chi connectivity index (χ2n) is 3.54. The molecule has 0 amide bonds. The van der Waals surface area contributed by atoms with E-state index < -0.39 is 23.3 Å². The number of carbonyl (C=O) groups is 2. The van der Waals surface area contributed by atoms with Gasteiger partial charge in [-0.3, -0.25) is 9.59 Å². The van der Waals surface area contributed by atoms with Crippen molar-refractivity contribution in [1.82, 2.24) is 0 Å². The van der Waals surface area contributed by atoms with Gasteiger partial charge in [-0.15, -0.1) is 0 Å². The van der Waals surface area contributed by atoms with Gasteiger partial charge in [-0.05, 0) is 18.1 Å². The van der Waals surface area contributed by atoms with Gasteiger partial charge in [-0.25, -0.2) is 4.21 Å². The van der Waals surface area contributed by atoms with Crippen molar-refractivity contribution in [2.24, 2.45) is 0 Å². The Labute approximate surface area is 147 Å². The van der Waals surface area contributed by atoms with Gasteiger partial charge in [0.15, 0.2) is 0 Å². The van der Waals surface area contributed by atoms with Crippen molar-refractivity contribution in [2.45, 2.75) is 26.2 Å². The van der Waals surface area contributed by atoms with Gasteiger partial charge in [-0.2, -0.15) is 0 Å². The number of carboxylic acid groups (broad SMARTS) is 2. The Morgan fingerprint density at radius 2 is 1.67 bits per heavy atom. The van der Waals surface area contributed by atoms with Crippen molar-refractivity contribution in [1.29, 1.82) is 0 Å². The number of aryl methyl sites for hydroxylation is 1. The monoisotopic (exact) mass is 326 g/mol. The van der Waals surface area contributed by atoms with Crippen molar-refractivity contribution in [3.8, 4) is 5.75 Å². The van der Waals surface area contributed by atoms with Crippen molar-refractivity contribution < 1.29 is 62.3 Å². The van der Waals surface area contributed by atoms with Crippen molar-refractivity contribution >= 4 is 23.3 Å². The molecule has 112 valence electrons. The van der Waals surface area contributed by atoms with Crippen LogP contribution >= 0.6 is 0 Å². The number of hydrogen-bond donors (Lipinski definition) is 2. The first-order valence-corrected chi connectivity index (χ1v) is 6.65. The van der Waals surface area contributed by atoms with Crippen LogP contribution in [0.4, 0.5) is 0 Å². The Balaban J connectivity index is 0. The molecule has 0 spiro atoms. The van der Waals surface area contributed by atoms with Crippen LogP contribution in [0.5, 0.6) is 5.75 Å². The molecule has 21 heavy (non-hydrogen) atoms. The van der Waals surface area contributed by atoms with Gasteiger partial charge < -0.3 is 18.9 Å². The summed E-state index contributed by atoms with van der Waals surface area (Å²) in [6, 6.07) is 7.05. The molecule has 1 rings (SSSR count). The summed E-state index contributed by atoms with van der Waals surface area (Å²) in [5.41, 5.74) is 0.890. The molecule has 0 aliphatic heterocycles. The summed E-state index contributed by atoms with van der Waals surface area (Å²) >= 11 is -2.48. The molecule has 1 atom stereocenters. The normalized spacial score (nSPS) is 10.4. The maximum absolute atomic E-state index is 10.2. The number of aliphatic carboxylic acids is 2. The molecule has 1 aromatic carbocycles. The largest absolute Gasteiger partial charge is 1.00 e. The maximum atomic E-state index is 10.2. The fraction of sp³-hybridized carbons (Fsp3) is 0.333. The van der Waals surface area contributed by atoms with E-state index in [-0.39, 0.29) is 42.4 Å². The fourth-order valence-corrected chi connectivity index (χ4v) is 1.47. The smallest absolute Gasteiger partial charge is 0.740 e. The molecule has 0 bridgehead atoms. The Morgan fingerprint density at radius 1 is 1.19 bits per heavy atom. The van der Waals surface area contributed by atoms with Crippen LogP contribution in [0.2, 0.25) is 0 Å². The number of carboxylic acids is 2. The summed E-state index contributed by atoms with van der Waals surface area (Å²) < 4.78 is 25.0. The number of hydrogen-bond acceptors (Lipinski definition) is 5. The Kier molecular flexibility index (Phi) is 13.6. The van der Waals surface area contributed by atoms with E-state index in [1.54, 1.807) is 12.1 Å². The van der Waals surface area contributed by atoms with Gasteiger partial charge in [0.2, 0.25) is 0 Å². The molecule has 0 aliphatic carbocycles. The number of para-hydroxylation sites is 1. The van der Waals surface area contributed by atoms with E-state index in [2.05, 4.69) is 4.18 Å². The molecule has 0 fully saturated rings. The molecule has 0 aliphatic rings. The molecule has 0 saturated heterocycles. The first kappa shape index (κ1) is 22.4. The Hall–Kier alpha value is -0.930. The van der Waals surface area contributed by atoms with Crippen LogP contribution in [0.15, 0.2) is 24.3 Å². The molecular weight excluding hydrogens is 311 g/mol. The van der Waals surface area contributed by atoms with E-state index in [9.17, 15) is 18.4 Å². The van der Waals surface area contributed by atoms with Gasteiger partial charge in [0, 0.05) is 0 Å². The average Bonchev–Trinajstić information content (AvgIpc) is 2.37. The predicted molar refractivity (Wildman–Crippen MR) is 69.9 cm³/mol. The molecule has 0 saturated carbocycles. The van der Waals surface area contributed by atoms with Crippen LogP contribution in [0.25, 0.3) is 0 Å². The number of benzene rings is 1. The molecule has 0 aromatic heterocycles. The Bertz CT molecular complexity index is 464. The Morgan fingerprint density at radius 3 is 2.05 bits per heavy atom. The molecular formula is C12H15NaO7S. The van der Waals surface area contributed by atoms with Crippen molar-refractivity contribution in [3.05, 3.63) is 29.8 Å². The zero-order chi connectivity index (χ0) is 15.5. The summed E-state index contributed by atoms with van der Waals surface area (Å²) in [6.45, 7) is 1.94. The van der Waals surface area contributed by atoms with Crippen LogP contribution in [0, 0.1) is 0 Å². The molecule has 0 radical (unpaired) electrons. The minimum absolute atomic E-state index is 0. The van der Waals surface area contributed by atoms with Crippen LogP contribution in [0.1, 0.15) is 25.3 Å². The van der Waals surface area contributed by atoms with E-state index in [1.165, 1.54) is 0 Å². The van der Waals surface area contributed by atoms with E-state index in [4.69, 9.17) is 10.2 Å². The zero-order valence-electron chi connectivity index (χ0n) is 11.8. The summed E-state index contributed by atoms with van der Waals surface area (Å²) in [6.07, 6.45) is 0.165. The maximum Gasteiger partial charge on any atom is 1.00 e. The summed E-state index contributed by atoms with van der Waals surface area (Å²) in [4.78, 5) is 19.3. The van der Waals surface area contributed by atoms with E-state index >= 15 is 0 Å². The second kappa shape index (κ2) is 12.8. The SMILES string of the molecule is CCc1ccccc1OS(=O)[O-].O=C(O)CCC(=O)O.[Na+]. The third kappa shape index (κ3) is 12.5. The van der Waals surface area contributed by atoms with Crippen LogP contribution in [-0.2, 0) is 27.4 Å². The molecule has 9 heteroatoms. The molecule has 0 heterocycles. The third-order valence-corrected chi connectivity index (χ3v) is 2.38. The van der Waals surface area contributed by atoms with E-state index in [0.29, 0.717) is 5.75 Å². The van der Waals surface area contributed by atoms with E-state index in [0.717, 1.165) is 12.0 Å². The zero-order valence-corrected chi connectivity index (χ0v) is 14.6. The van der Waals surface area contributed by atoms with E-state index in [1.807, 2.05) is 19.1 Å². The average molecular weight is 326 g/mol. The second-order valence-corrected chi connectivity index (χ2v) is 4.11. The molecule has 1 aromatic rings. The predicted octanol–water partition coefficient (Wildman–Crippen LogP) is -1.64. The van der Waals surface area contributed by atoms with Gasteiger partial charge in [0.1, 0.15) is 17.1 Å². The van der Waals surface area contributed by atoms with Gasteiger partial charge in [0.25, 0.3) is 0 Å². The van der Waals surface area contributed by atoms with Crippen molar-refractivity contribution in [3.63, 3.8) is 0 Å². The molecule has 1 unspecified atom stereocenters. The molecule has 7 nitrogen and oxygen atoms in total. The molecule has 2 N–H and O–H groups in total. The standard InChI is InChI=1S/C8H10O3S.C4H6O4.Na/c1-2-7-5-3-4-6-8(7)11-12(9)10;5-3(6)1-2-4(7)8;/h3-6H,2H2,1H3,(H,9,10);1-2H2,(H,5,6)(H,7,8);/q;;+1/p-1. The minimum atomic E-state index is -2.48. The van der Waals surface area contributed by atoms with Gasteiger partial charge >= 0.3 is 41.5 Å². The number of rotatable bonds is 6. The first-order chi connectivity index (χ1) is 9.36. The van der Waals surface area contributed by atoms with Crippen LogP contribution in [0.3, 0.4) is 0 Å². The first-order valence-electron chi connectivity index (χ1n) is 5.65. The minimum Gasteiger partial charge on any atom is -0.740 e. The quantitative estimate of drug-likeness (QED) is 0.474. The topological polar surface area (TPSA) is 124 Å². The fourth-order valence-electron chi connectivity index (χ4n) is 1.16.